The monoisotopic (exact) mass is 174 g/mol. The van der Waals surface area contributed by atoms with Gasteiger partial charge in [0.1, 0.15) is 0 Å². The topological polar surface area (TPSA) is 12.0 Å². The lowest BCUT2D eigenvalue weighted by atomic mass is 10.2. The molecular formula is C12H16N. The highest BCUT2D eigenvalue weighted by molar-refractivity contribution is 5.13. The normalized spacial score (nSPS) is 17.8. The summed E-state index contributed by atoms with van der Waals surface area (Å²) in [4.78, 5) is 0. The van der Waals surface area contributed by atoms with Gasteiger partial charge >= 0.3 is 0 Å². The van der Waals surface area contributed by atoms with Crippen LogP contribution in [0.2, 0.25) is 0 Å². The first kappa shape index (κ1) is 8.76. The number of benzene rings is 1. The van der Waals surface area contributed by atoms with Crippen molar-refractivity contribution < 1.29 is 0 Å². The summed E-state index contributed by atoms with van der Waals surface area (Å²) in [6.07, 6.45) is 5.52. The quantitative estimate of drug-likeness (QED) is 0.742. The van der Waals surface area contributed by atoms with Gasteiger partial charge in [0.15, 0.2) is 0 Å². The molecule has 1 nitrogen and oxygen atoms in total. The first-order valence-corrected chi connectivity index (χ1v) is 5.13. The molecule has 0 saturated heterocycles. The Morgan fingerprint density at radius 2 is 2.23 bits per heavy atom. The van der Waals surface area contributed by atoms with E-state index in [9.17, 15) is 0 Å². The van der Waals surface area contributed by atoms with Gasteiger partial charge in [-0.05, 0) is 30.5 Å². The molecule has 1 aliphatic rings. The minimum absolute atomic E-state index is 0.764. The van der Waals surface area contributed by atoms with Crippen molar-refractivity contribution in [1.29, 1.82) is 0 Å². The summed E-state index contributed by atoms with van der Waals surface area (Å²) in [5.74, 6) is 0. The van der Waals surface area contributed by atoms with E-state index in [1.165, 1.54) is 31.2 Å². The summed E-state index contributed by atoms with van der Waals surface area (Å²) >= 11 is 0. The molecule has 0 amide bonds. The molecule has 69 valence electrons. The molecule has 1 fully saturated rings. The fourth-order valence-electron chi connectivity index (χ4n) is 1.93. The van der Waals surface area contributed by atoms with Gasteiger partial charge in [0.05, 0.1) is 0 Å². The predicted molar refractivity (Wildman–Crippen MR) is 54.4 cm³/mol. The van der Waals surface area contributed by atoms with Gasteiger partial charge in [-0.3, -0.25) is 0 Å². The third-order valence-corrected chi connectivity index (χ3v) is 2.72. The molecule has 0 spiro atoms. The molecule has 1 heteroatoms. The van der Waals surface area contributed by atoms with Crippen LogP contribution in [-0.2, 0) is 6.54 Å². The van der Waals surface area contributed by atoms with Crippen molar-refractivity contribution in [2.24, 2.45) is 0 Å². The minimum Gasteiger partial charge on any atom is -0.310 e. The van der Waals surface area contributed by atoms with Gasteiger partial charge in [-0.15, -0.1) is 0 Å². The van der Waals surface area contributed by atoms with E-state index in [0.29, 0.717) is 0 Å². The van der Waals surface area contributed by atoms with Crippen LogP contribution < -0.4 is 5.32 Å². The van der Waals surface area contributed by atoms with Crippen LogP contribution in [0, 0.1) is 6.07 Å². The Kier molecular flexibility index (Phi) is 2.98. The lowest BCUT2D eigenvalue weighted by Crippen LogP contribution is -2.25. The van der Waals surface area contributed by atoms with Crippen molar-refractivity contribution in [2.45, 2.75) is 38.3 Å². The Morgan fingerprint density at radius 3 is 2.92 bits per heavy atom. The summed E-state index contributed by atoms with van der Waals surface area (Å²) in [6, 6.07) is 12.1. The molecule has 1 aliphatic carbocycles. The minimum atomic E-state index is 0.764. The second-order valence-corrected chi connectivity index (χ2v) is 3.77. The van der Waals surface area contributed by atoms with Gasteiger partial charge in [-0.25, -0.2) is 0 Å². The van der Waals surface area contributed by atoms with E-state index in [1.807, 2.05) is 12.1 Å². The van der Waals surface area contributed by atoms with Crippen LogP contribution in [0.25, 0.3) is 0 Å². The fraction of sp³-hybridized carbons (Fsp3) is 0.500. The van der Waals surface area contributed by atoms with E-state index >= 15 is 0 Å². The molecule has 1 radical (unpaired) electrons. The Morgan fingerprint density at radius 1 is 1.38 bits per heavy atom. The van der Waals surface area contributed by atoms with Crippen molar-refractivity contribution in [3.05, 3.63) is 35.9 Å². The SMILES string of the molecule is [c]1cccc(CNC2CCCC2)c1. The maximum Gasteiger partial charge on any atom is 0.0208 e. The first-order chi connectivity index (χ1) is 6.45. The number of hydrogen-bond donors (Lipinski definition) is 1. The Labute approximate surface area is 80.2 Å². The molecule has 0 unspecified atom stereocenters. The highest BCUT2D eigenvalue weighted by Crippen LogP contribution is 2.17. The van der Waals surface area contributed by atoms with Crippen LogP contribution in [0.15, 0.2) is 24.3 Å². The van der Waals surface area contributed by atoms with Crippen molar-refractivity contribution in [3.63, 3.8) is 0 Å². The van der Waals surface area contributed by atoms with E-state index in [-0.39, 0.29) is 0 Å². The van der Waals surface area contributed by atoms with Gasteiger partial charge < -0.3 is 5.32 Å². The maximum absolute atomic E-state index is 3.58. The Bertz CT molecular complexity index is 237. The van der Waals surface area contributed by atoms with Crippen molar-refractivity contribution in [3.8, 4) is 0 Å². The van der Waals surface area contributed by atoms with Crippen LogP contribution in [0.4, 0.5) is 0 Å². The lowest BCUT2D eigenvalue weighted by molar-refractivity contribution is 0.524. The highest BCUT2D eigenvalue weighted by atomic mass is 14.9. The van der Waals surface area contributed by atoms with Gasteiger partial charge in [-0.1, -0.05) is 31.0 Å². The lowest BCUT2D eigenvalue weighted by Gasteiger charge is -2.11. The summed E-state index contributed by atoms with van der Waals surface area (Å²) in [7, 11) is 0. The number of rotatable bonds is 3. The zero-order valence-corrected chi connectivity index (χ0v) is 7.92. The van der Waals surface area contributed by atoms with Crippen molar-refractivity contribution in [1.82, 2.24) is 5.32 Å². The molecule has 1 aromatic carbocycles. The maximum atomic E-state index is 3.58. The molecule has 1 aromatic rings. The summed E-state index contributed by atoms with van der Waals surface area (Å²) in [6.45, 7) is 1.00. The second-order valence-electron chi connectivity index (χ2n) is 3.77. The zero-order chi connectivity index (χ0) is 8.93. The molecule has 0 aromatic heterocycles. The van der Waals surface area contributed by atoms with Crippen LogP contribution in [0.3, 0.4) is 0 Å². The largest absolute Gasteiger partial charge is 0.310 e. The molecule has 13 heavy (non-hydrogen) atoms. The van der Waals surface area contributed by atoms with E-state index < -0.39 is 0 Å². The fourth-order valence-corrected chi connectivity index (χ4v) is 1.93. The van der Waals surface area contributed by atoms with E-state index in [4.69, 9.17) is 0 Å². The van der Waals surface area contributed by atoms with Gasteiger partial charge in [-0.2, -0.15) is 0 Å². The van der Waals surface area contributed by atoms with Crippen molar-refractivity contribution >= 4 is 0 Å². The molecule has 1 saturated carbocycles. The zero-order valence-electron chi connectivity index (χ0n) is 7.92. The summed E-state index contributed by atoms with van der Waals surface area (Å²) < 4.78 is 0. The first-order valence-electron chi connectivity index (χ1n) is 5.13. The van der Waals surface area contributed by atoms with Gasteiger partial charge in [0, 0.05) is 12.6 Å². The molecule has 0 aliphatic heterocycles. The van der Waals surface area contributed by atoms with Gasteiger partial charge in [0.2, 0.25) is 0 Å². The molecular weight excluding hydrogens is 158 g/mol. The van der Waals surface area contributed by atoms with Crippen molar-refractivity contribution in [2.75, 3.05) is 0 Å². The molecule has 0 heterocycles. The van der Waals surface area contributed by atoms with Crippen LogP contribution >= 0.6 is 0 Å². The standard InChI is InChI=1S/C12H16N/c1-2-6-11(7-3-1)10-13-12-8-4-5-9-12/h1-2,6-7,12-13H,4-5,8-10H2. The average molecular weight is 174 g/mol. The Hall–Kier alpha value is -0.820. The summed E-state index contributed by atoms with van der Waals surface area (Å²) in [5.41, 5.74) is 1.34. The van der Waals surface area contributed by atoms with E-state index in [1.54, 1.807) is 0 Å². The number of nitrogens with one attached hydrogen (secondary N) is 1. The van der Waals surface area contributed by atoms with Crippen LogP contribution in [0.5, 0.6) is 0 Å². The molecule has 0 atom stereocenters. The third-order valence-electron chi connectivity index (χ3n) is 2.72. The van der Waals surface area contributed by atoms with Crippen LogP contribution in [-0.4, -0.2) is 6.04 Å². The van der Waals surface area contributed by atoms with Crippen LogP contribution in [0.1, 0.15) is 31.2 Å². The second kappa shape index (κ2) is 4.43. The molecule has 0 bridgehead atoms. The predicted octanol–water partition coefficient (Wildman–Crippen LogP) is 2.52. The third kappa shape index (κ3) is 2.56. The van der Waals surface area contributed by atoms with E-state index in [2.05, 4.69) is 23.5 Å². The van der Waals surface area contributed by atoms with E-state index in [0.717, 1.165) is 12.6 Å². The smallest absolute Gasteiger partial charge is 0.0208 e. The number of hydrogen-bond acceptors (Lipinski definition) is 1. The van der Waals surface area contributed by atoms with Gasteiger partial charge in [0.25, 0.3) is 0 Å². The molecule has 1 N–H and O–H groups in total. The Balaban J connectivity index is 1.79. The summed E-state index contributed by atoms with van der Waals surface area (Å²) in [5, 5.41) is 3.58. The molecule has 2 rings (SSSR count). The average Bonchev–Trinajstić information content (AvgIpc) is 2.69. The highest BCUT2D eigenvalue weighted by Gasteiger charge is 2.13.